The summed E-state index contributed by atoms with van der Waals surface area (Å²) in [7, 11) is 1.65. The number of nitrogens with one attached hydrogen (secondary N) is 1. The van der Waals surface area contributed by atoms with Crippen LogP contribution in [0.5, 0.6) is 5.75 Å². The molecule has 2 aliphatic heterocycles. The maximum atomic E-state index is 11.9. The van der Waals surface area contributed by atoms with Gasteiger partial charge in [-0.2, -0.15) is 0 Å². The Hall–Kier alpha value is -1.79. The zero-order valence-corrected chi connectivity index (χ0v) is 17.9. The Morgan fingerprint density at radius 3 is 2.59 bits per heavy atom. The van der Waals surface area contributed by atoms with Gasteiger partial charge in [0.05, 0.1) is 6.61 Å². The molecule has 0 radical (unpaired) electrons. The van der Waals surface area contributed by atoms with Gasteiger partial charge in [-0.15, -0.1) is 0 Å². The number of carbonyl (C=O) groups excluding carboxylic acids is 1. The maximum absolute atomic E-state index is 11.9. The van der Waals surface area contributed by atoms with Gasteiger partial charge in [0.1, 0.15) is 5.75 Å². The summed E-state index contributed by atoms with van der Waals surface area (Å²) in [5.41, 5.74) is 1.21. The molecule has 2 aliphatic rings. The van der Waals surface area contributed by atoms with Crippen molar-refractivity contribution < 1.29 is 19.0 Å². The maximum Gasteiger partial charge on any atom is 0.260 e. The molecule has 0 saturated carbocycles. The van der Waals surface area contributed by atoms with Crippen molar-refractivity contribution in [2.45, 2.75) is 64.3 Å². The molecule has 162 valence electrons. The first-order chi connectivity index (χ1) is 14.2. The van der Waals surface area contributed by atoms with Gasteiger partial charge in [-0.25, -0.2) is 0 Å². The molecule has 2 heterocycles. The van der Waals surface area contributed by atoms with Gasteiger partial charge in [0.25, 0.3) is 5.91 Å². The summed E-state index contributed by atoms with van der Waals surface area (Å²) in [5.74, 6) is 1.28. The number of piperidine rings is 1. The molecule has 0 aliphatic carbocycles. The van der Waals surface area contributed by atoms with E-state index < -0.39 is 6.10 Å². The van der Waals surface area contributed by atoms with Gasteiger partial charge in [0, 0.05) is 32.4 Å². The Morgan fingerprint density at radius 2 is 1.97 bits per heavy atom. The fourth-order valence-electron chi connectivity index (χ4n) is 4.01. The second-order valence-electron chi connectivity index (χ2n) is 8.06. The van der Waals surface area contributed by atoms with E-state index >= 15 is 0 Å². The van der Waals surface area contributed by atoms with Crippen molar-refractivity contribution in [2.24, 2.45) is 5.92 Å². The van der Waals surface area contributed by atoms with Crippen molar-refractivity contribution in [1.29, 1.82) is 0 Å². The molecule has 2 atom stereocenters. The lowest BCUT2D eigenvalue weighted by molar-refractivity contribution is -0.169. The molecule has 6 heteroatoms. The van der Waals surface area contributed by atoms with Crippen molar-refractivity contribution in [2.75, 3.05) is 38.3 Å². The van der Waals surface area contributed by atoms with Crippen molar-refractivity contribution in [3.8, 4) is 5.75 Å². The number of amides is 1. The highest BCUT2D eigenvalue weighted by molar-refractivity contribution is 5.80. The smallest absolute Gasteiger partial charge is 0.260 e. The van der Waals surface area contributed by atoms with Gasteiger partial charge in [-0.3, -0.25) is 4.79 Å². The molecule has 1 aromatic rings. The predicted octanol–water partition coefficient (Wildman–Crippen LogP) is 3.74. The number of ether oxygens (including phenoxy) is 3. The van der Waals surface area contributed by atoms with E-state index in [9.17, 15) is 4.79 Å². The third-order valence-electron chi connectivity index (χ3n) is 5.84. The van der Waals surface area contributed by atoms with E-state index in [1.807, 2.05) is 12.1 Å². The average Bonchev–Trinajstić information content (AvgIpc) is 2.78. The minimum atomic E-state index is -0.431. The summed E-state index contributed by atoms with van der Waals surface area (Å²) in [4.78, 5) is 14.4. The monoisotopic (exact) mass is 404 g/mol. The lowest BCUT2D eigenvalue weighted by atomic mass is 9.97. The van der Waals surface area contributed by atoms with E-state index in [0.717, 1.165) is 64.2 Å². The zero-order valence-electron chi connectivity index (χ0n) is 17.9. The molecule has 0 aromatic heterocycles. The summed E-state index contributed by atoms with van der Waals surface area (Å²) in [5, 5.41) is 2.68. The molecule has 2 fully saturated rings. The van der Waals surface area contributed by atoms with E-state index in [4.69, 9.17) is 14.2 Å². The van der Waals surface area contributed by atoms with Crippen LogP contribution in [-0.2, 0) is 14.3 Å². The topological polar surface area (TPSA) is 60.0 Å². The van der Waals surface area contributed by atoms with Gasteiger partial charge >= 0.3 is 0 Å². The minimum absolute atomic E-state index is 0.0145. The number of hydrogen-bond acceptors (Lipinski definition) is 5. The fraction of sp³-hybridized carbons (Fsp3) is 0.696. The normalized spacial score (nSPS) is 21.6. The van der Waals surface area contributed by atoms with Crippen molar-refractivity contribution >= 4 is 11.6 Å². The molecule has 1 amide bonds. The Labute approximate surface area is 174 Å². The molecule has 29 heavy (non-hydrogen) atoms. The molecule has 2 unspecified atom stereocenters. The molecular weight excluding hydrogens is 368 g/mol. The van der Waals surface area contributed by atoms with Gasteiger partial charge < -0.3 is 24.4 Å². The highest BCUT2D eigenvalue weighted by atomic mass is 16.7. The van der Waals surface area contributed by atoms with Crippen LogP contribution >= 0.6 is 0 Å². The zero-order chi connectivity index (χ0) is 20.5. The summed E-state index contributed by atoms with van der Waals surface area (Å²) in [6.45, 7) is 5.78. The number of anilines is 1. The molecule has 2 saturated heterocycles. The second kappa shape index (κ2) is 11.4. The number of rotatable bonds is 9. The van der Waals surface area contributed by atoms with Crippen molar-refractivity contribution in [3.63, 3.8) is 0 Å². The van der Waals surface area contributed by atoms with Gasteiger partial charge in [-0.1, -0.05) is 13.3 Å². The largest absolute Gasteiger partial charge is 0.481 e. The highest BCUT2D eigenvalue weighted by Crippen LogP contribution is 2.27. The lowest BCUT2D eigenvalue weighted by Gasteiger charge is -2.34. The van der Waals surface area contributed by atoms with Gasteiger partial charge in [0.15, 0.2) is 12.4 Å². The molecular formula is C23H36N2O4. The van der Waals surface area contributed by atoms with Crippen molar-refractivity contribution in [1.82, 2.24) is 5.32 Å². The number of carbonyl (C=O) groups is 1. The number of nitrogens with zero attached hydrogens (tertiary/aromatic N) is 1. The Balaban J connectivity index is 1.44. The molecule has 0 bridgehead atoms. The molecule has 3 rings (SSSR count). The van der Waals surface area contributed by atoms with Crippen LogP contribution in [0.25, 0.3) is 0 Å². The van der Waals surface area contributed by atoms with E-state index in [1.54, 1.807) is 7.05 Å². The summed E-state index contributed by atoms with van der Waals surface area (Å²) >= 11 is 0. The second-order valence-corrected chi connectivity index (χ2v) is 8.06. The van der Waals surface area contributed by atoms with Gasteiger partial charge in [0.2, 0.25) is 0 Å². The average molecular weight is 405 g/mol. The van der Waals surface area contributed by atoms with E-state index in [-0.39, 0.29) is 12.2 Å². The number of hydrogen-bond donors (Lipinski definition) is 1. The van der Waals surface area contributed by atoms with Crippen molar-refractivity contribution in [3.05, 3.63) is 24.3 Å². The van der Waals surface area contributed by atoms with Crippen LogP contribution in [0.1, 0.15) is 51.9 Å². The van der Waals surface area contributed by atoms with Crippen LogP contribution < -0.4 is 15.0 Å². The number of benzene rings is 1. The third kappa shape index (κ3) is 6.61. The van der Waals surface area contributed by atoms with Crippen LogP contribution in [0.2, 0.25) is 0 Å². The van der Waals surface area contributed by atoms with Crippen LogP contribution in [-0.4, -0.2) is 51.7 Å². The first kappa shape index (κ1) is 21.9. The van der Waals surface area contributed by atoms with E-state index in [2.05, 4.69) is 29.3 Å². The van der Waals surface area contributed by atoms with E-state index in [0.29, 0.717) is 12.3 Å². The Bertz CT molecular complexity index is 608. The summed E-state index contributed by atoms with van der Waals surface area (Å²) in [6, 6.07) is 8.12. The van der Waals surface area contributed by atoms with Crippen LogP contribution in [0.3, 0.4) is 0 Å². The summed E-state index contributed by atoms with van der Waals surface area (Å²) in [6.07, 6.45) is 6.88. The molecule has 6 nitrogen and oxygen atoms in total. The first-order valence-electron chi connectivity index (χ1n) is 11.2. The SMILES string of the molecule is CCCC(Oc1ccc(N2CCC(COC3CCCCO3)CC2)cc1)C(=O)NC. The highest BCUT2D eigenvalue weighted by Gasteiger charge is 2.23. The Kier molecular flexibility index (Phi) is 8.62. The predicted molar refractivity (Wildman–Crippen MR) is 114 cm³/mol. The van der Waals surface area contributed by atoms with Crippen LogP contribution in [0, 0.1) is 5.92 Å². The molecule has 1 aromatic carbocycles. The van der Waals surface area contributed by atoms with Crippen LogP contribution in [0.4, 0.5) is 5.69 Å². The Morgan fingerprint density at radius 1 is 1.21 bits per heavy atom. The van der Waals surface area contributed by atoms with Crippen LogP contribution in [0.15, 0.2) is 24.3 Å². The summed E-state index contributed by atoms with van der Waals surface area (Å²) < 4.78 is 17.5. The standard InChI is InChI=1S/C23H36N2O4/c1-3-6-21(23(26)24-2)29-20-10-8-19(9-11-20)25-14-12-18(13-15-25)17-28-22-7-4-5-16-27-22/h8-11,18,21-22H,3-7,12-17H2,1-2H3,(H,24,26). The minimum Gasteiger partial charge on any atom is -0.481 e. The molecule has 1 N–H and O–H groups in total. The third-order valence-corrected chi connectivity index (χ3v) is 5.84. The lowest BCUT2D eigenvalue weighted by Crippen LogP contribution is -2.36. The first-order valence-corrected chi connectivity index (χ1v) is 11.2. The van der Waals surface area contributed by atoms with E-state index in [1.165, 1.54) is 12.1 Å². The van der Waals surface area contributed by atoms with Gasteiger partial charge in [-0.05, 0) is 68.7 Å². The fourth-order valence-corrected chi connectivity index (χ4v) is 4.01. The quantitative estimate of drug-likeness (QED) is 0.679. The molecule has 0 spiro atoms. The number of likely N-dealkylation sites (N-methyl/N-ethyl adjacent to an activating group) is 1.